The lowest BCUT2D eigenvalue weighted by atomic mass is 10.1. The third-order valence-electron chi connectivity index (χ3n) is 3.64. The Balaban J connectivity index is 2.35. The number of ether oxygens (including phenoxy) is 2. The Bertz CT molecular complexity index is 476. The molecule has 2 atom stereocenters. The summed E-state index contributed by atoms with van der Waals surface area (Å²) in [4.78, 5) is 13.9. The molecule has 0 bridgehead atoms. The number of likely N-dealkylation sites (N-methyl/N-ethyl adjacent to an activating group) is 1. The zero-order valence-corrected chi connectivity index (χ0v) is 11.6. The van der Waals surface area contributed by atoms with E-state index in [0.29, 0.717) is 11.3 Å². The molecule has 2 rings (SSSR count). The summed E-state index contributed by atoms with van der Waals surface area (Å²) in [5.74, 6) is -0.374. The standard InChI is InChI=1S/C14H20N2O3/c1-9-12(6-7-19-9)16(2)13-5-4-10(15)8-11(13)14(17)18-3/h4-5,8-9,12H,6-7,15H2,1-3H3. The summed E-state index contributed by atoms with van der Waals surface area (Å²) in [5, 5.41) is 0. The van der Waals surface area contributed by atoms with Crippen molar-refractivity contribution in [2.75, 3.05) is 31.4 Å². The number of methoxy groups -OCH3 is 1. The van der Waals surface area contributed by atoms with Gasteiger partial charge in [0, 0.05) is 19.3 Å². The molecule has 0 radical (unpaired) electrons. The maximum absolute atomic E-state index is 11.9. The van der Waals surface area contributed by atoms with Crippen LogP contribution in [0.5, 0.6) is 0 Å². The van der Waals surface area contributed by atoms with Crippen LogP contribution in [0.3, 0.4) is 0 Å². The van der Waals surface area contributed by atoms with Crippen LogP contribution in [0, 0.1) is 0 Å². The molecule has 1 fully saturated rings. The Labute approximate surface area is 113 Å². The highest BCUT2D eigenvalue weighted by atomic mass is 16.5. The van der Waals surface area contributed by atoms with E-state index in [1.165, 1.54) is 7.11 Å². The van der Waals surface area contributed by atoms with Crippen molar-refractivity contribution in [2.24, 2.45) is 0 Å². The third-order valence-corrected chi connectivity index (χ3v) is 3.64. The lowest BCUT2D eigenvalue weighted by Gasteiger charge is -2.30. The quantitative estimate of drug-likeness (QED) is 0.664. The summed E-state index contributed by atoms with van der Waals surface area (Å²) in [6.07, 6.45) is 1.09. The molecule has 2 unspecified atom stereocenters. The SMILES string of the molecule is COC(=O)c1cc(N)ccc1N(C)C1CCOC1C. The molecule has 19 heavy (non-hydrogen) atoms. The molecule has 5 nitrogen and oxygen atoms in total. The van der Waals surface area contributed by atoms with Crippen LogP contribution in [0.1, 0.15) is 23.7 Å². The van der Waals surface area contributed by atoms with Gasteiger partial charge in [0.1, 0.15) is 0 Å². The van der Waals surface area contributed by atoms with Crippen molar-refractivity contribution in [3.05, 3.63) is 23.8 Å². The number of nitrogens with zero attached hydrogens (tertiary/aromatic N) is 1. The monoisotopic (exact) mass is 264 g/mol. The van der Waals surface area contributed by atoms with Gasteiger partial charge in [-0.2, -0.15) is 0 Å². The lowest BCUT2D eigenvalue weighted by molar-refractivity contribution is 0.0601. The van der Waals surface area contributed by atoms with Crippen LogP contribution in [0.25, 0.3) is 0 Å². The fourth-order valence-corrected chi connectivity index (χ4v) is 2.54. The molecule has 0 aliphatic carbocycles. The van der Waals surface area contributed by atoms with E-state index in [2.05, 4.69) is 4.90 Å². The first kappa shape index (κ1) is 13.7. The molecule has 2 N–H and O–H groups in total. The van der Waals surface area contributed by atoms with Gasteiger partial charge in [0.25, 0.3) is 0 Å². The largest absolute Gasteiger partial charge is 0.465 e. The van der Waals surface area contributed by atoms with E-state index in [0.717, 1.165) is 18.7 Å². The average molecular weight is 264 g/mol. The van der Waals surface area contributed by atoms with E-state index in [-0.39, 0.29) is 18.1 Å². The van der Waals surface area contributed by atoms with Gasteiger partial charge >= 0.3 is 5.97 Å². The Morgan fingerprint density at radius 1 is 1.53 bits per heavy atom. The number of esters is 1. The van der Waals surface area contributed by atoms with Gasteiger partial charge in [0.15, 0.2) is 0 Å². The Morgan fingerprint density at radius 3 is 2.84 bits per heavy atom. The van der Waals surface area contributed by atoms with Gasteiger partial charge < -0.3 is 20.1 Å². The molecule has 1 aliphatic rings. The minimum Gasteiger partial charge on any atom is -0.465 e. The van der Waals surface area contributed by atoms with E-state index in [4.69, 9.17) is 15.2 Å². The van der Waals surface area contributed by atoms with Crippen LogP contribution >= 0.6 is 0 Å². The van der Waals surface area contributed by atoms with Crippen LogP contribution in [0.15, 0.2) is 18.2 Å². The van der Waals surface area contributed by atoms with E-state index in [9.17, 15) is 4.79 Å². The number of carbonyl (C=O) groups excluding carboxylic acids is 1. The Morgan fingerprint density at radius 2 is 2.26 bits per heavy atom. The fraction of sp³-hybridized carbons (Fsp3) is 0.500. The molecule has 0 spiro atoms. The van der Waals surface area contributed by atoms with Crippen molar-refractivity contribution in [3.8, 4) is 0 Å². The number of nitrogen functional groups attached to an aromatic ring is 1. The maximum Gasteiger partial charge on any atom is 0.340 e. The van der Waals surface area contributed by atoms with Gasteiger partial charge in [-0.1, -0.05) is 0 Å². The first-order valence-electron chi connectivity index (χ1n) is 6.37. The fourth-order valence-electron chi connectivity index (χ4n) is 2.54. The molecule has 104 valence electrons. The van der Waals surface area contributed by atoms with Crippen LogP contribution in [0.4, 0.5) is 11.4 Å². The molecule has 1 aromatic carbocycles. The molecule has 0 saturated carbocycles. The van der Waals surface area contributed by atoms with E-state index < -0.39 is 0 Å². The predicted molar refractivity (Wildman–Crippen MR) is 74.4 cm³/mol. The lowest BCUT2D eigenvalue weighted by Crippen LogP contribution is -2.37. The van der Waals surface area contributed by atoms with Gasteiger partial charge in [0.05, 0.1) is 30.5 Å². The molecule has 1 aliphatic heterocycles. The van der Waals surface area contributed by atoms with Crippen molar-refractivity contribution in [2.45, 2.75) is 25.5 Å². The molecule has 1 heterocycles. The highest BCUT2D eigenvalue weighted by Crippen LogP contribution is 2.29. The molecular weight excluding hydrogens is 244 g/mol. The van der Waals surface area contributed by atoms with Crippen LogP contribution < -0.4 is 10.6 Å². The third kappa shape index (κ3) is 2.66. The van der Waals surface area contributed by atoms with Crippen LogP contribution in [0.2, 0.25) is 0 Å². The predicted octanol–water partition coefficient (Wildman–Crippen LogP) is 1.67. The maximum atomic E-state index is 11.9. The van der Waals surface area contributed by atoms with Gasteiger partial charge in [-0.25, -0.2) is 4.79 Å². The number of nitrogens with two attached hydrogens (primary N) is 1. The first-order chi connectivity index (χ1) is 9.04. The van der Waals surface area contributed by atoms with Gasteiger partial charge in [-0.15, -0.1) is 0 Å². The van der Waals surface area contributed by atoms with E-state index >= 15 is 0 Å². The minimum atomic E-state index is -0.374. The molecule has 0 aromatic heterocycles. The number of hydrogen-bond donors (Lipinski definition) is 1. The summed E-state index contributed by atoms with van der Waals surface area (Å²) >= 11 is 0. The summed E-state index contributed by atoms with van der Waals surface area (Å²) in [6, 6.07) is 5.55. The number of rotatable bonds is 3. The number of hydrogen-bond acceptors (Lipinski definition) is 5. The van der Waals surface area contributed by atoms with Crippen molar-refractivity contribution >= 4 is 17.3 Å². The second-order valence-corrected chi connectivity index (χ2v) is 4.81. The zero-order chi connectivity index (χ0) is 14.0. The number of carbonyl (C=O) groups is 1. The van der Waals surface area contributed by atoms with Crippen molar-refractivity contribution in [1.82, 2.24) is 0 Å². The normalized spacial score (nSPS) is 22.3. The van der Waals surface area contributed by atoms with E-state index in [1.807, 2.05) is 20.0 Å². The highest BCUT2D eigenvalue weighted by Gasteiger charge is 2.30. The Hall–Kier alpha value is -1.75. The Kier molecular flexibility index (Phi) is 3.95. The highest BCUT2D eigenvalue weighted by molar-refractivity contribution is 5.97. The second kappa shape index (κ2) is 5.48. The molecule has 0 amide bonds. The zero-order valence-electron chi connectivity index (χ0n) is 11.6. The average Bonchev–Trinajstić information content (AvgIpc) is 2.83. The summed E-state index contributed by atoms with van der Waals surface area (Å²) in [7, 11) is 3.34. The summed E-state index contributed by atoms with van der Waals surface area (Å²) in [5.41, 5.74) is 7.61. The second-order valence-electron chi connectivity index (χ2n) is 4.81. The van der Waals surface area contributed by atoms with Gasteiger partial charge in [-0.05, 0) is 31.5 Å². The van der Waals surface area contributed by atoms with E-state index in [1.54, 1.807) is 12.1 Å². The van der Waals surface area contributed by atoms with Crippen LogP contribution in [-0.2, 0) is 9.47 Å². The topological polar surface area (TPSA) is 64.8 Å². The molecular formula is C14H20N2O3. The first-order valence-corrected chi connectivity index (χ1v) is 6.37. The number of benzene rings is 1. The van der Waals surface area contributed by atoms with Gasteiger partial charge in [-0.3, -0.25) is 0 Å². The summed E-state index contributed by atoms with van der Waals surface area (Å²) in [6.45, 7) is 2.79. The van der Waals surface area contributed by atoms with Crippen LogP contribution in [-0.4, -0.2) is 38.9 Å². The minimum absolute atomic E-state index is 0.146. The molecule has 1 saturated heterocycles. The number of anilines is 2. The molecule has 5 heteroatoms. The smallest absolute Gasteiger partial charge is 0.340 e. The van der Waals surface area contributed by atoms with Crippen molar-refractivity contribution < 1.29 is 14.3 Å². The molecule has 1 aromatic rings. The van der Waals surface area contributed by atoms with Crippen molar-refractivity contribution in [1.29, 1.82) is 0 Å². The van der Waals surface area contributed by atoms with Crippen molar-refractivity contribution in [3.63, 3.8) is 0 Å². The summed E-state index contributed by atoms with van der Waals surface area (Å²) < 4.78 is 10.4. The van der Waals surface area contributed by atoms with Gasteiger partial charge in [0.2, 0.25) is 0 Å².